The lowest BCUT2D eigenvalue weighted by Crippen LogP contribution is -2.48. The summed E-state index contributed by atoms with van der Waals surface area (Å²) in [6, 6.07) is 4.19. The maximum atomic E-state index is 12.0. The summed E-state index contributed by atoms with van der Waals surface area (Å²) in [6.45, 7) is 3.53. The second-order valence-electron chi connectivity index (χ2n) is 4.62. The fourth-order valence-corrected chi connectivity index (χ4v) is 1.88. The van der Waals surface area contributed by atoms with Crippen LogP contribution in [-0.2, 0) is 4.79 Å². The lowest BCUT2D eigenvalue weighted by atomic mass is 9.96. The minimum atomic E-state index is -1.14. The molecule has 0 radical (unpaired) electrons. The fraction of sp³-hybridized carbons (Fsp3) is 0.385. The molecule has 0 heterocycles. The van der Waals surface area contributed by atoms with Crippen molar-refractivity contribution in [2.45, 2.75) is 32.2 Å². The number of anilines is 1. The summed E-state index contributed by atoms with van der Waals surface area (Å²) in [7, 11) is 0. The molecule has 4 N–H and O–H groups in total. The number of hydrogen-bond acceptors (Lipinski definition) is 3. The van der Waals surface area contributed by atoms with E-state index in [0.717, 1.165) is 6.42 Å². The first-order valence-electron chi connectivity index (χ1n) is 5.91. The Balaban J connectivity index is 3.02. The molecule has 0 aliphatic heterocycles. The minimum Gasteiger partial charge on any atom is -0.478 e. The van der Waals surface area contributed by atoms with Gasteiger partial charge < -0.3 is 16.2 Å². The summed E-state index contributed by atoms with van der Waals surface area (Å²) in [6.07, 6.45) is 1.25. The van der Waals surface area contributed by atoms with Gasteiger partial charge in [-0.15, -0.1) is 0 Å². The third kappa shape index (κ3) is 3.94. The maximum absolute atomic E-state index is 12.0. The molecule has 104 valence electrons. The van der Waals surface area contributed by atoms with Crippen molar-refractivity contribution in [3.63, 3.8) is 0 Å². The topological polar surface area (TPSA) is 92.4 Å². The van der Waals surface area contributed by atoms with Crippen LogP contribution in [-0.4, -0.2) is 22.5 Å². The van der Waals surface area contributed by atoms with Crippen LogP contribution in [0.15, 0.2) is 18.2 Å². The van der Waals surface area contributed by atoms with Gasteiger partial charge in [-0.2, -0.15) is 0 Å². The van der Waals surface area contributed by atoms with Crippen molar-refractivity contribution >= 4 is 29.2 Å². The molecule has 1 rings (SSSR count). The summed E-state index contributed by atoms with van der Waals surface area (Å²) in [4.78, 5) is 23.1. The van der Waals surface area contributed by atoms with Crippen molar-refractivity contribution in [2.24, 2.45) is 5.73 Å². The van der Waals surface area contributed by atoms with Gasteiger partial charge >= 0.3 is 5.97 Å². The quantitative estimate of drug-likeness (QED) is 0.774. The van der Waals surface area contributed by atoms with Crippen LogP contribution in [0.1, 0.15) is 37.0 Å². The molecule has 6 heteroatoms. The Morgan fingerprint density at radius 1 is 1.47 bits per heavy atom. The summed E-state index contributed by atoms with van der Waals surface area (Å²) in [5.41, 5.74) is 4.97. The molecule has 19 heavy (non-hydrogen) atoms. The highest BCUT2D eigenvalue weighted by molar-refractivity contribution is 6.31. The average Bonchev–Trinajstić information content (AvgIpc) is 2.28. The zero-order valence-corrected chi connectivity index (χ0v) is 11.6. The molecule has 1 amide bonds. The van der Waals surface area contributed by atoms with Gasteiger partial charge in [0.2, 0.25) is 5.91 Å². The van der Waals surface area contributed by atoms with Crippen molar-refractivity contribution < 1.29 is 14.7 Å². The number of aromatic carboxylic acids is 1. The summed E-state index contributed by atoms with van der Waals surface area (Å²) in [5.74, 6) is -1.57. The fourth-order valence-electron chi connectivity index (χ4n) is 1.70. The van der Waals surface area contributed by atoms with Crippen LogP contribution < -0.4 is 11.1 Å². The van der Waals surface area contributed by atoms with Crippen molar-refractivity contribution in [3.05, 3.63) is 28.8 Å². The van der Waals surface area contributed by atoms with E-state index < -0.39 is 17.4 Å². The lowest BCUT2D eigenvalue weighted by molar-refractivity contribution is -0.120. The Labute approximate surface area is 116 Å². The average molecular weight is 285 g/mol. The van der Waals surface area contributed by atoms with E-state index in [2.05, 4.69) is 5.32 Å². The molecule has 0 spiro atoms. The zero-order valence-electron chi connectivity index (χ0n) is 10.9. The maximum Gasteiger partial charge on any atom is 0.337 e. The Morgan fingerprint density at radius 2 is 2.11 bits per heavy atom. The van der Waals surface area contributed by atoms with Crippen LogP contribution in [0, 0.1) is 0 Å². The van der Waals surface area contributed by atoms with Crippen LogP contribution in [0.5, 0.6) is 0 Å². The standard InChI is InChI=1S/C13H17ClN2O3/c1-3-6-13(2,15)12(19)16-10-7-8(14)4-5-9(10)11(17)18/h4-5,7H,3,6,15H2,1-2H3,(H,16,19)(H,17,18). The van der Waals surface area contributed by atoms with Crippen molar-refractivity contribution in [1.82, 2.24) is 0 Å². The number of carbonyl (C=O) groups excluding carboxylic acids is 1. The molecule has 1 atom stereocenters. The molecule has 0 aliphatic carbocycles. The molecule has 0 saturated carbocycles. The van der Waals surface area contributed by atoms with Crippen molar-refractivity contribution in [1.29, 1.82) is 0 Å². The normalized spacial score (nSPS) is 13.7. The summed E-state index contributed by atoms with van der Waals surface area (Å²) >= 11 is 5.80. The molecule has 0 aliphatic rings. The second kappa shape index (κ2) is 6.04. The third-order valence-electron chi connectivity index (χ3n) is 2.75. The smallest absolute Gasteiger partial charge is 0.337 e. The highest BCUT2D eigenvalue weighted by atomic mass is 35.5. The predicted molar refractivity (Wildman–Crippen MR) is 74.5 cm³/mol. The Kier molecular flexibility index (Phi) is 4.91. The van der Waals surface area contributed by atoms with E-state index in [4.69, 9.17) is 22.4 Å². The number of carboxylic acid groups (broad SMARTS) is 1. The number of nitrogens with one attached hydrogen (secondary N) is 1. The molecule has 1 unspecified atom stereocenters. The highest BCUT2D eigenvalue weighted by Crippen LogP contribution is 2.22. The first kappa shape index (κ1) is 15.5. The first-order chi connectivity index (χ1) is 8.77. The van der Waals surface area contributed by atoms with Crippen molar-refractivity contribution in [3.8, 4) is 0 Å². The van der Waals surface area contributed by atoms with Crippen LogP contribution in [0.4, 0.5) is 5.69 Å². The first-order valence-corrected chi connectivity index (χ1v) is 6.29. The molecule has 0 bridgehead atoms. The number of rotatable bonds is 5. The van der Waals surface area contributed by atoms with Gasteiger partial charge in [0.05, 0.1) is 16.8 Å². The number of carboxylic acids is 1. The van der Waals surface area contributed by atoms with Crippen LogP contribution in [0.3, 0.4) is 0 Å². The van der Waals surface area contributed by atoms with Crippen LogP contribution in [0.25, 0.3) is 0 Å². The number of carbonyl (C=O) groups is 2. The number of hydrogen-bond donors (Lipinski definition) is 3. The second-order valence-corrected chi connectivity index (χ2v) is 5.05. The molecular formula is C13H17ClN2O3. The van der Waals surface area contributed by atoms with Gasteiger partial charge in [0.25, 0.3) is 0 Å². The Morgan fingerprint density at radius 3 is 2.63 bits per heavy atom. The molecule has 0 saturated heterocycles. The summed E-state index contributed by atoms with van der Waals surface area (Å²) < 4.78 is 0. The Hall–Kier alpha value is -1.59. The summed E-state index contributed by atoms with van der Waals surface area (Å²) in [5, 5.41) is 11.9. The monoisotopic (exact) mass is 284 g/mol. The van der Waals surface area contributed by atoms with E-state index in [1.165, 1.54) is 18.2 Å². The molecule has 1 aromatic rings. The van der Waals surface area contributed by atoms with E-state index in [-0.39, 0.29) is 11.3 Å². The third-order valence-corrected chi connectivity index (χ3v) is 2.98. The SMILES string of the molecule is CCCC(C)(N)C(=O)Nc1cc(Cl)ccc1C(=O)O. The largest absolute Gasteiger partial charge is 0.478 e. The van der Waals surface area contributed by atoms with E-state index in [9.17, 15) is 9.59 Å². The van der Waals surface area contributed by atoms with Crippen molar-refractivity contribution in [2.75, 3.05) is 5.32 Å². The van der Waals surface area contributed by atoms with Gasteiger partial charge in [0.15, 0.2) is 0 Å². The molecule has 0 fully saturated rings. The van der Waals surface area contributed by atoms with E-state index in [1.54, 1.807) is 6.92 Å². The molecule has 0 aromatic heterocycles. The molecule has 1 aromatic carbocycles. The van der Waals surface area contributed by atoms with Gasteiger partial charge in [0, 0.05) is 5.02 Å². The van der Waals surface area contributed by atoms with Gasteiger partial charge in [0.1, 0.15) is 0 Å². The Bertz CT molecular complexity index is 501. The lowest BCUT2D eigenvalue weighted by Gasteiger charge is -2.23. The van der Waals surface area contributed by atoms with E-state index in [0.29, 0.717) is 11.4 Å². The molecule has 5 nitrogen and oxygen atoms in total. The van der Waals surface area contributed by atoms with Gasteiger partial charge in [-0.3, -0.25) is 4.79 Å². The van der Waals surface area contributed by atoms with Crippen LogP contribution in [0.2, 0.25) is 5.02 Å². The van der Waals surface area contributed by atoms with Gasteiger partial charge in [-0.1, -0.05) is 24.9 Å². The van der Waals surface area contributed by atoms with E-state index >= 15 is 0 Å². The zero-order chi connectivity index (χ0) is 14.6. The molecular weight excluding hydrogens is 268 g/mol. The van der Waals surface area contributed by atoms with Gasteiger partial charge in [-0.25, -0.2) is 4.79 Å². The van der Waals surface area contributed by atoms with Crippen LogP contribution >= 0.6 is 11.6 Å². The van der Waals surface area contributed by atoms with E-state index in [1.807, 2.05) is 6.92 Å². The number of amides is 1. The number of benzene rings is 1. The van der Waals surface area contributed by atoms with Gasteiger partial charge in [-0.05, 0) is 31.5 Å². The number of halogens is 1. The number of nitrogens with two attached hydrogens (primary N) is 1. The highest BCUT2D eigenvalue weighted by Gasteiger charge is 2.28. The predicted octanol–water partition coefficient (Wildman–Crippen LogP) is 2.49. The minimum absolute atomic E-state index is 0.0231.